The smallest absolute Gasteiger partial charge is 0.0598 e. The molecule has 0 fully saturated rings. The Labute approximate surface area is 61.9 Å². The zero-order valence-electron chi connectivity index (χ0n) is 6.65. The molecule has 0 aliphatic rings. The van der Waals surface area contributed by atoms with Gasteiger partial charge in [0.1, 0.15) is 0 Å². The summed E-state index contributed by atoms with van der Waals surface area (Å²) in [6.07, 6.45) is 0. The molecule has 10 heavy (non-hydrogen) atoms. The first-order valence-electron chi connectivity index (χ1n) is 3.40. The van der Waals surface area contributed by atoms with E-state index >= 15 is 0 Å². The van der Waals surface area contributed by atoms with E-state index in [2.05, 4.69) is 6.92 Å². The van der Waals surface area contributed by atoms with Gasteiger partial charge in [0.15, 0.2) is 0 Å². The Morgan fingerprint density at radius 3 is 1.80 bits per heavy atom. The molecule has 0 aliphatic carbocycles. The zero-order valence-corrected chi connectivity index (χ0v) is 6.65. The van der Waals surface area contributed by atoms with Gasteiger partial charge in [-0.1, -0.05) is 17.7 Å². The third-order valence-electron chi connectivity index (χ3n) is 1.68. The molecule has 1 N–H and O–H groups in total. The molecule has 0 unspecified atom stereocenters. The Hall–Kier alpha value is -0.980. The predicted molar refractivity (Wildman–Crippen MR) is 43.4 cm³/mol. The third-order valence-corrected chi connectivity index (χ3v) is 1.68. The van der Waals surface area contributed by atoms with E-state index < -0.39 is 0 Å². The van der Waals surface area contributed by atoms with Crippen molar-refractivity contribution in [3.63, 3.8) is 0 Å². The largest absolute Gasteiger partial charge is 0.300 e. The lowest BCUT2D eigenvalue weighted by atomic mass is 10.1. The summed E-state index contributed by atoms with van der Waals surface area (Å²) in [5.41, 5.74) is 11.6. The van der Waals surface area contributed by atoms with Crippen LogP contribution in [0, 0.1) is 20.8 Å². The van der Waals surface area contributed by atoms with Crippen LogP contribution in [0.15, 0.2) is 12.1 Å². The predicted octanol–water partition coefficient (Wildman–Crippen LogP) is 2.53. The number of nitrogens with one attached hydrogen (secondary N) is 1. The Morgan fingerprint density at radius 2 is 1.40 bits per heavy atom. The Bertz CT molecular complexity index is 228. The molecule has 0 saturated heterocycles. The average Bonchev–Trinajstić information content (AvgIpc) is 1.82. The molecule has 0 aromatic heterocycles. The van der Waals surface area contributed by atoms with Gasteiger partial charge in [0, 0.05) is 0 Å². The van der Waals surface area contributed by atoms with Crippen LogP contribution in [0.1, 0.15) is 16.7 Å². The SMILES string of the molecule is Cc1cc(C)c([NH])c(C)c1. The van der Waals surface area contributed by atoms with Crippen LogP contribution < -0.4 is 5.73 Å². The van der Waals surface area contributed by atoms with Gasteiger partial charge < -0.3 is 5.73 Å². The second-order valence-corrected chi connectivity index (χ2v) is 2.77. The monoisotopic (exact) mass is 134 g/mol. The fourth-order valence-electron chi connectivity index (χ4n) is 1.18. The highest BCUT2D eigenvalue weighted by Gasteiger charge is 1.97. The molecular weight excluding hydrogens is 122 g/mol. The minimum Gasteiger partial charge on any atom is -0.300 e. The summed E-state index contributed by atoms with van der Waals surface area (Å²) in [6.45, 7) is 6.00. The molecular formula is C9H12N. The summed E-state index contributed by atoms with van der Waals surface area (Å²) in [5, 5.41) is 0. The van der Waals surface area contributed by atoms with Crippen LogP contribution in [-0.4, -0.2) is 0 Å². The quantitative estimate of drug-likeness (QED) is 0.520. The van der Waals surface area contributed by atoms with Crippen molar-refractivity contribution in [3.05, 3.63) is 28.8 Å². The molecule has 0 atom stereocenters. The second-order valence-electron chi connectivity index (χ2n) is 2.77. The van der Waals surface area contributed by atoms with Crippen molar-refractivity contribution in [2.24, 2.45) is 0 Å². The van der Waals surface area contributed by atoms with E-state index in [9.17, 15) is 0 Å². The van der Waals surface area contributed by atoms with Crippen LogP contribution >= 0.6 is 0 Å². The van der Waals surface area contributed by atoms with Crippen molar-refractivity contribution >= 4 is 5.69 Å². The highest BCUT2D eigenvalue weighted by molar-refractivity contribution is 5.51. The number of rotatable bonds is 0. The van der Waals surface area contributed by atoms with Crippen LogP contribution in [-0.2, 0) is 0 Å². The lowest BCUT2D eigenvalue weighted by molar-refractivity contribution is 1.27. The maximum atomic E-state index is 7.54. The van der Waals surface area contributed by atoms with Gasteiger partial charge in [-0.25, -0.2) is 0 Å². The molecule has 0 spiro atoms. The van der Waals surface area contributed by atoms with E-state index in [1.54, 1.807) is 0 Å². The number of hydrogen-bond donors (Lipinski definition) is 0. The van der Waals surface area contributed by atoms with Gasteiger partial charge in [0.05, 0.1) is 5.69 Å². The molecule has 1 heteroatoms. The lowest BCUT2D eigenvalue weighted by Gasteiger charge is -2.03. The van der Waals surface area contributed by atoms with Gasteiger partial charge in [0.2, 0.25) is 0 Å². The van der Waals surface area contributed by atoms with Crippen molar-refractivity contribution in [3.8, 4) is 0 Å². The van der Waals surface area contributed by atoms with Crippen LogP contribution in [0.25, 0.3) is 0 Å². The molecule has 0 heterocycles. The zero-order chi connectivity index (χ0) is 7.72. The second kappa shape index (κ2) is 2.33. The van der Waals surface area contributed by atoms with E-state index in [0.717, 1.165) is 11.1 Å². The van der Waals surface area contributed by atoms with Gasteiger partial charge in [-0.05, 0) is 31.9 Å². The van der Waals surface area contributed by atoms with Gasteiger partial charge in [-0.2, -0.15) is 0 Å². The fourth-order valence-corrected chi connectivity index (χ4v) is 1.18. The first kappa shape index (κ1) is 7.13. The van der Waals surface area contributed by atoms with Crippen LogP contribution in [0.4, 0.5) is 5.69 Å². The highest BCUT2D eigenvalue weighted by Crippen LogP contribution is 2.18. The maximum absolute atomic E-state index is 7.54. The van der Waals surface area contributed by atoms with E-state index in [1.807, 2.05) is 26.0 Å². The van der Waals surface area contributed by atoms with Crippen molar-refractivity contribution < 1.29 is 0 Å². The third kappa shape index (κ3) is 1.13. The van der Waals surface area contributed by atoms with Gasteiger partial charge in [0.25, 0.3) is 0 Å². The minimum absolute atomic E-state index is 0.672. The summed E-state index contributed by atoms with van der Waals surface area (Å²) in [7, 11) is 0. The van der Waals surface area contributed by atoms with E-state index in [-0.39, 0.29) is 0 Å². The fraction of sp³-hybridized carbons (Fsp3) is 0.333. The van der Waals surface area contributed by atoms with Crippen LogP contribution in [0.3, 0.4) is 0 Å². The lowest BCUT2D eigenvalue weighted by Crippen LogP contribution is -1.84. The first-order valence-corrected chi connectivity index (χ1v) is 3.40. The number of aryl methyl sites for hydroxylation is 3. The number of hydrogen-bond acceptors (Lipinski definition) is 0. The van der Waals surface area contributed by atoms with Crippen molar-refractivity contribution in [2.45, 2.75) is 20.8 Å². The molecule has 1 radical (unpaired) electrons. The number of benzene rings is 1. The average molecular weight is 134 g/mol. The first-order chi connectivity index (χ1) is 4.61. The van der Waals surface area contributed by atoms with Crippen molar-refractivity contribution in [1.82, 2.24) is 5.73 Å². The van der Waals surface area contributed by atoms with Gasteiger partial charge in [-0.15, -0.1) is 0 Å². The van der Waals surface area contributed by atoms with Crippen LogP contribution in [0.5, 0.6) is 0 Å². The molecule has 1 aromatic rings. The normalized spacial score (nSPS) is 9.90. The van der Waals surface area contributed by atoms with Gasteiger partial charge in [-0.3, -0.25) is 0 Å². The minimum atomic E-state index is 0.672. The van der Waals surface area contributed by atoms with Crippen molar-refractivity contribution in [1.29, 1.82) is 0 Å². The molecule has 53 valence electrons. The summed E-state index contributed by atoms with van der Waals surface area (Å²) >= 11 is 0. The van der Waals surface area contributed by atoms with Crippen LogP contribution in [0.2, 0.25) is 0 Å². The highest BCUT2D eigenvalue weighted by atomic mass is 14.6. The standard InChI is InChI=1S/C9H12N/c1-6-4-7(2)9(10)8(3)5-6/h4-5,10H,1-3H3. The molecule has 1 rings (SSSR count). The molecule has 0 aliphatic heterocycles. The molecule has 1 nitrogen and oxygen atoms in total. The topological polar surface area (TPSA) is 23.8 Å². The molecule has 1 aromatic carbocycles. The van der Waals surface area contributed by atoms with Crippen molar-refractivity contribution in [2.75, 3.05) is 0 Å². The van der Waals surface area contributed by atoms with E-state index in [4.69, 9.17) is 5.73 Å². The summed E-state index contributed by atoms with van der Waals surface area (Å²) < 4.78 is 0. The molecule has 0 saturated carbocycles. The maximum Gasteiger partial charge on any atom is 0.0598 e. The van der Waals surface area contributed by atoms with E-state index in [1.165, 1.54) is 5.56 Å². The Kier molecular flexibility index (Phi) is 1.66. The van der Waals surface area contributed by atoms with Gasteiger partial charge >= 0.3 is 0 Å². The Morgan fingerprint density at radius 1 is 1.00 bits per heavy atom. The Balaban J connectivity index is 3.31. The summed E-state index contributed by atoms with van der Waals surface area (Å²) in [5.74, 6) is 0. The molecule has 0 amide bonds. The summed E-state index contributed by atoms with van der Waals surface area (Å²) in [4.78, 5) is 0. The molecule has 0 bridgehead atoms. The van der Waals surface area contributed by atoms with E-state index in [0.29, 0.717) is 5.69 Å². The summed E-state index contributed by atoms with van der Waals surface area (Å²) in [6, 6.07) is 4.07.